The van der Waals surface area contributed by atoms with Gasteiger partial charge in [0.25, 0.3) is 0 Å². The van der Waals surface area contributed by atoms with Crippen molar-refractivity contribution < 1.29 is 14.0 Å². The van der Waals surface area contributed by atoms with E-state index >= 15 is 0 Å². The number of furan rings is 1. The molecular weight excluding hydrogens is 216 g/mol. The van der Waals surface area contributed by atoms with Gasteiger partial charge in [-0.25, -0.2) is 0 Å². The zero-order valence-electron chi connectivity index (χ0n) is 10.1. The van der Waals surface area contributed by atoms with Crippen LogP contribution in [-0.4, -0.2) is 11.6 Å². The summed E-state index contributed by atoms with van der Waals surface area (Å²) in [5, 5.41) is 0. The first-order chi connectivity index (χ1) is 8.22. The number of carbonyl (C=O) groups excluding carboxylic acids is 2. The molecule has 1 heterocycles. The average molecular weight is 234 g/mol. The van der Waals surface area contributed by atoms with Gasteiger partial charge >= 0.3 is 0 Å². The second-order valence-corrected chi connectivity index (χ2v) is 4.79. The molecule has 0 radical (unpaired) electrons. The Morgan fingerprint density at radius 3 is 3.00 bits per heavy atom. The molecule has 1 fully saturated rings. The smallest absolute Gasteiger partial charge is 0.208 e. The van der Waals surface area contributed by atoms with Crippen molar-refractivity contribution in [1.82, 2.24) is 0 Å². The van der Waals surface area contributed by atoms with Crippen molar-refractivity contribution in [1.29, 1.82) is 0 Å². The number of carbonyl (C=O) groups is 2. The summed E-state index contributed by atoms with van der Waals surface area (Å²) in [4.78, 5) is 23.9. The van der Waals surface area contributed by atoms with Crippen LogP contribution in [0.15, 0.2) is 22.8 Å². The predicted molar refractivity (Wildman–Crippen MR) is 63.8 cm³/mol. The molecule has 2 unspecified atom stereocenters. The second kappa shape index (κ2) is 5.30. The van der Waals surface area contributed by atoms with E-state index in [0.29, 0.717) is 24.5 Å². The van der Waals surface area contributed by atoms with Gasteiger partial charge in [-0.3, -0.25) is 9.59 Å². The standard InChI is InChI=1S/C14H18O3/c1-2-4-10-6-7-12(15)11(9-10)14(16)13-5-3-8-17-13/h3,5,8,10-11H,2,4,6-7,9H2,1H3. The van der Waals surface area contributed by atoms with Crippen LogP contribution in [0.2, 0.25) is 0 Å². The Morgan fingerprint density at radius 1 is 1.53 bits per heavy atom. The lowest BCUT2D eigenvalue weighted by atomic mass is 9.76. The minimum atomic E-state index is -0.466. The first-order valence-electron chi connectivity index (χ1n) is 6.32. The van der Waals surface area contributed by atoms with E-state index in [1.807, 2.05) is 0 Å². The zero-order chi connectivity index (χ0) is 12.3. The molecule has 0 amide bonds. The van der Waals surface area contributed by atoms with Gasteiger partial charge in [-0.1, -0.05) is 19.8 Å². The predicted octanol–water partition coefficient (Wildman–Crippen LogP) is 3.25. The van der Waals surface area contributed by atoms with Gasteiger partial charge in [-0.2, -0.15) is 0 Å². The maximum atomic E-state index is 12.1. The first kappa shape index (κ1) is 12.1. The molecule has 92 valence electrons. The van der Waals surface area contributed by atoms with Crippen molar-refractivity contribution in [3.63, 3.8) is 0 Å². The molecule has 1 aliphatic rings. The molecule has 1 saturated carbocycles. The van der Waals surface area contributed by atoms with Crippen LogP contribution in [0, 0.1) is 11.8 Å². The van der Waals surface area contributed by atoms with Crippen molar-refractivity contribution in [3.8, 4) is 0 Å². The van der Waals surface area contributed by atoms with Gasteiger partial charge in [0.05, 0.1) is 12.2 Å². The second-order valence-electron chi connectivity index (χ2n) is 4.79. The first-order valence-corrected chi connectivity index (χ1v) is 6.32. The van der Waals surface area contributed by atoms with Crippen LogP contribution in [-0.2, 0) is 4.79 Å². The normalized spacial score (nSPS) is 24.9. The van der Waals surface area contributed by atoms with Crippen LogP contribution >= 0.6 is 0 Å². The Morgan fingerprint density at radius 2 is 2.35 bits per heavy atom. The molecule has 1 aromatic rings. The molecule has 1 aromatic heterocycles. The average Bonchev–Trinajstić information content (AvgIpc) is 2.85. The van der Waals surface area contributed by atoms with Crippen molar-refractivity contribution >= 4 is 11.6 Å². The van der Waals surface area contributed by atoms with Gasteiger partial charge in [0.1, 0.15) is 5.78 Å². The highest BCUT2D eigenvalue weighted by atomic mass is 16.3. The molecule has 0 N–H and O–H groups in total. The molecule has 0 aromatic carbocycles. The Hall–Kier alpha value is -1.38. The molecule has 2 rings (SSSR count). The Balaban J connectivity index is 2.07. The summed E-state index contributed by atoms with van der Waals surface area (Å²) in [6.45, 7) is 2.14. The summed E-state index contributed by atoms with van der Waals surface area (Å²) in [6, 6.07) is 3.32. The third kappa shape index (κ3) is 2.65. The molecule has 0 spiro atoms. The van der Waals surface area contributed by atoms with Crippen LogP contribution < -0.4 is 0 Å². The summed E-state index contributed by atoms with van der Waals surface area (Å²) >= 11 is 0. The van der Waals surface area contributed by atoms with Crippen molar-refractivity contribution in [2.75, 3.05) is 0 Å². The summed E-state index contributed by atoms with van der Waals surface area (Å²) in [5.74, 6) is 0.313. The zero-order valence-corrected chi connectivity index (χ0v) is 10.1. The van der Waals surface area contributed by atoms with Gasteiger partial charge in [0, 0.05) is 6.42 Å². The molecule has 2 atom stereocenters. The van der Waals surface area contributed by atoms with Gasteiger partial charge in [-0.05, 0) is 30.9 Å². The van der Waals surface area contributed by atoms with E-state index in [0.717, 1.165) is 19.3 Å². The van der Waals surface area contributed by atoms with Crippen molar-refractivity contribution in [2.24, 2.45) is 11.8 Å². The van der Waals surface area contributed by atoms with E-state index in [4.69, 9.17) is 4.42 Å². The summed E-state index contributed by atoms with van der Waals surface area (Å²) in [5.41, 5.74) is 0. The summed E-state index contributed by atoms with van der Waals surface area (Å²) in [7, 11) is 0. The summed E-state index contributed by atoms with van der Waals surface area (Å²) < 4.78 is 5.09. The highest BCUT2D eigenvalue weighted by Gasteiger charge is 2.34. The van der Waals surface area contributed by atoms with Crippen LogP contribution in [0.3, 0.4) is 0 Å². The van der Waals surface area contributed by atoms with Crippen LogP contribution in [0.4, 0.5) is 0 Å². The van der Waals surface area contributed by atoms with E-state index in [9.17, 15) is 9.59 Å². The van der Waals surface area contributed by atoms with E-state index < -0.39 is 5.92 Å². The molecule has 0 aliphatic heterocycles. The number of hydrogen-bond acceptors (Lipinski definition) is 3. The number of Topliss-reactive ketones (excluding diaryl/α,β-unsaturated/α-hetero) is 2. The van der Waals surface area contributed by atoms with Crippen LogP contribution in [0.1, 0.15) is 49.6 Å². The fourth-order valence-corrected chi connectivity index (χ4v) is 2.62. The van der Waals surface area contributed by atoms with Gasteiger partial charge < -0.3 is 4.42 Å². The number of hydrogen-bond donors (Lipinski definition) is 0. The highest BCUT2D eigenvalue weighted by molar-refractivity contribution is 6.09. The fourth-order valence-electron chi connectivity index (χ4n) is 2.62. The largest absolute Gasteiger partial charge is 0.461 e. The molecular formula is C14H18O3. The third-order valence-corrected chi connectivity index (χ3v) is 3.53. The lowest BCUT2D eigenvalue weighted by Crippen LogP contribution is -2.31. The SMILES string of the molecule is CCCC1CCC(=O)C(C(=O)c2ccco2)C1. The minimum Gasteiger partial charge on any atom is -0.461 e. The Bertz CT molecular complexity index is 392. The molecule has 3 heteroatoms. The minimum absolute atomic E-state index is 0.0822. The molecule has 3 nitrogen and oxygen atoms in total. The Kier molecular flexibility index (Phi) is 3.77. The highest BCUT2D eigenvalue weighted by Crippen LogP contribution is 2.31. The fraction of sp³-hybridized carbons (Fsp3) is 0.571. The maximum Gasteiger partial charge on any atom is 0.208 e. The van der Waals surface area contributed by atoms with Crippen LogP contribution in [0.5, 0.6) is 0 Å². The van der Waals surface area contributed by atoms with E-state index in [2.05, 4.69) is 6.92 Å². The van der Waals surface area contributed by atoms with Gasteiger partial charge in [0.2, 0.25) is 5.78 Å². The van der Waals surface area contributed by atoms with E-state index in [-0.39, 0.29) is 11.6 Å². The van der Waals surface area contributed by atoms with E-state index in [1.165, 1.54) is 6.26 Å². The Labute approximate surface area is 101 Å². The molecule has 0 bridgehead atoms. The molecule has 0 saturated heterocycles. The van der Waals surface area contributed by atoms with Crippen LogP contribution in [0.25, 0.3) is 0 Å². The molecule has 17 heavy (non-hydrogen) atoms. The van der Waals surface area contributed by atoms with Gasteiger partial charge in [0.15, 0.2) is 5.76 Å². The van der Waals surface area contributed by atoms with Crippen molar-refractivity contribution in [2.45, 2.75) is 39.0 Å². The lowest BCUT2D eigenvalue weighted by molar-refractivity contribution is -0.124. The lowest BCUT2D eigenvalue weighted by Gasteiger charge is -2.26. The maximum absolute atomic E-state index is 12.1. The summed E-state index contributed by atoms with van der Waals surface area (Å²) in [6.07, 6.45) is 5.88. The molecule has 1 aliphatic carbocycles. The van der Waals surface area contributed by atoms with Gasteiger partial charge in [-0.15, -0.1) is 0 Å². The topological polar surface area (TPSA) is 47.3 Å². The third-order valence-electron chi connectivity index (χ3n) is 3.53. The monoisotopic (exact) mass is 234 g/mol. The quantitative estimate of drug-likeness (QED) is 0.593. The number of rotatable bonds is 4. The van der Waals surface area contributed by atoms with Crippen molar-refractivity contribution in [3.05, 3.63) is 24.2 Å². The number of ketones is 2. The van der Waals surface area contributed by atoms with E-state index in [1.54, 1.807) is 12.1 Å².